The zero-order chi connectivity index (χ0) is 23.5. The summed E-state index contributed by atoms with van der Waals surface area (Å²) < 4.78 is 16.7. The van der Waals surface area contributed by atoms with E-state index in [1.807, 2.05) is 12.1 Å². The van der Waals surface area contributed by atoms with Crippen LogP contribution in [0.15, 0.2) is 53.2 Å². The first-order valence-corrected chi connectivity index (χ1v) is 12.2. The summed E-state index contributed by atoms with van der Waals surface area (Å²) in [7, 11) is 4.94. The fourth-order valence-electron chi connectivity index (χ4n) is 4.47. The molecular formula is C26H28N4O3S. The van der Waals surface area contributed by atoms with Crippen molar-refractivity contribution in [2.75, 3.05) is 52.4 Å². The summed E-state index contributed by atoms with van der Waals surface area (Å²) in [6.07, 6.45) is 0. The van der Waals surface area contributed by atoms with E-state index in [1.54, 1.807) is 32.7 Å². The molecule has 0 atom stereocenters. The number of anilines is 1. The van der Waals surface area contributed by atoms with Crippen molar-refractivity contribution >= 4 is 28.1 Å². The zero-order valence-electron chi connectivity index (χ0n) is 19.7. The fourth-order valence-corrected chi connectivity index (χ4v) is 5.10. The van der Waals surface area contributed by atoms with Crippen LogP contribution in [-0.2, 0) is 6.54 Å². The molecule has 1 saturated heterocycles. The van der Waals surface area contributed by atoms with E-state index in [0.29, 0.717) is 11.5 Å². The van der Waals surface area contributed by atoms with Crippen LogP contribution in [0.4, 0.5) is 5.82 Å². The molecule has 34 heavy (non-hydrogen) atoms. The fraction of sp³-hybridized carbons (Fsp3) is 0.308. The maximum absolute atomic E-state index is 5.68. The van der Waals surface area contributed by atoms with Crippen molar-refractivity contribution in [1.82, 2.24) is 14.9 Å². The Morgan fingerprint density at radius 3 is 2.35 bits per heavy atom. The monoisotopic (exact) mass is 476 g/mol. The Bertz CT molecular complexity index is 1270. The van der Waals surface area contributed by atoms with Gasteiger partial charge in [-0.2, -0.15) is 11.3 Å². The number of hydrogen-bond acceptors (Lipinski definition) is 8. The second-order valence-corrected chi connectivity index (χ2v) is 8.94. The molecule has 0 radical (unpaired) electrons. The van der Waals surface area contributed by atoms with E-state index in [-0.39, 0.29) is 0 Å². The van der Waals surface area contributed by atoms with Crippen molar-refractivity contribution < 1.29 is 14.2 Å². The van der Waals surface area contributed by atoms with Gasteiger partial charge in [-0.05, 0) is 29.6 Å². The van der Waals surface area contributed by atoms with Gasteiger partial charge in [-0.15, -0.1) is 0 Å². The van der Waals surface area contributed by atoms with Crippen LogP contribution in [0.3, 0.4) is 0 Å². The lowest BCUT2D eigenvalue weighted by Gasteiger charge is -2.36. The molecule has 5 rings (SSSR count). The Kier molecular flexibility index (Phi) is 6.51. The Balaban J connectivity index is 1.36. The predicted octanol–water partition coefficient (Wildman–Crippen LogP) is 4.71. The van der Waals surface area contributed by atoms with Crippen molar-refractivity contribution in [2.45, 2.75) is 6.54 Å². The van der Waals surface area contributed by atoms with E-state index in [2.05, 4.69) is 50.9 Å². The van der Waals surface area contributed by atoms with E-state index in [1.165, 1.54) is 0 Å². The number of ether oxygens (including phenoxy) is 3. The van der Waals surface area contributed by atoms with Crippen molar-refractivity contribution in [3.63, 3.8) is 0 Å². The predicted molar refractivity (Wildman–Crippen MR) is 136 cm³/mol. The third kappa shape index (κ3) is 4.26. The van der Waals surface area contributed by atoms with Gasteiger partial charge >= 0.3 is 0 Å². The highest BCUT2D eigenvalue weighted by Crippen LogP contribution is 2.40. The third-order valence-corrected chi connectivity index (χ3v) is 6.90. The number of aromatic nitrogens is 2. The molecule has 1 aliphatic rings. The Hall–Kier alpha value is -3.36. The molecule has 1 fully saturated rings. The maximum Gasteiger partial charge on any atom is 0.203 e. The van der Waals surface area contributed by atoms with Gasteiger partial charge in [0.25, 0.3) is 0 Å². The van der Waals surface area contributed by atoms with Crippen LogP contribution in [0.2, 0.25) is 0 Å². The van der Waals surface area contributed by atoms with Crippen LogP contribution < -0.4 is 19.1 Å². The first-order chi connectivity index (χ1) is 16.7. The van der Waals surface area contributed by atoms with Crippen LogP contribution in [-0.4, -0.2) is 62.4 Å². The molecule has 3 heterocycles. The van der Waals surface area contributed by atoms with Crippen LogP contribution >= 0.6 is 11.3 Å². The molecular weight excluding hydrogens is 448 g/mol. The molecule has 0 unspecified atom stereocenters. The lowest BCUT2D eigenvalue weighted by atomic mass is 10.1. The lowest BCUT2D eigenvalue weighted by Crippen LogP contribution is -2.46. The molecule has 0 amide bonds. The first-order valence-electron chi connectivity index (χ1n) is 11.3. The molecule has 7 nitrogen and oxygen atoms in total. The number of benzene rings is 2. The topological polar surface area (TPSA) is 60.0 Å². The lowest BCUT2D eigenvalue weighted by molar-refractivity contribution is 0.243. The number of nitrogens with zero attached hydrogens (tertiary/aromatic N) is 4. The van der Waals surface area contributed by atoms with Crippen LogP contribution in [0.1, 0.15) is 5.56 Å². The smallest absolute Gasteiger partial charge is 0.203 e. The van der Waals surface area contributed by atoms with Crippen molar-refractivity contribution in [1.29, 1.82) is 0 Å². The standard InChI is InChI=1S/C26H28N4O3S/c1-31-22-9-8-18(23(32-2)24(22)33-3)16-29-11-13-30(14-12-29)26-20-6-4-5-7-21(20)27-25(28-26)19-10-15-34-17-19/h4-10,15,17H,11-14,16H2,1-3H3. The number of fused-ring (bicyclic) bond motifs is 1. The number of thiophene rings is 1. The molecule has 1 aliphatic heterocycles. The highest BCUT2D eigenvalue weighted by Gasteiger charge is 2.23. The van der Waals surface area contributed by atoms with E-state index in [4.69, 9.17) is 24.2 Å². The summed E-state index contributed by atoms with van der Waals surface area (Å²) in [6.45, 7) is 4.40. The number of piperazine rings is 1. The van der Waals surface area contributed by atoms with Gasteiger partial charge in [0.1, 0.15) is 5.82 Å². The molecule has 0 bridgehead atoms. The third-order valence-electron chi connectivity index (χ3n) is 6.21. The number of hydrogen-bond donors (Lipinski definition) is 0. The van der Waals surface area contributed by atoms with Crippen molar-refractivity contribution in [2.24, 2.45) is 0 Å². The van der Waals surface area contributed by atoms with Crippen molar-refractivity contribution in [3.8, 4) is 28.6 Å². The van der Waals surface area contributed by atoms with E-state index in [9.17, 15) is 0 Å². The largest absolute Gasteiger partial charge is 0.493 e. The summed E-state index contributed by atoms with van der Waals surface area (Å²) >= 11 is 1.66. The highest BCUT2D eigenvalue weighted by atomic mass is 32.1. The molecule has 8 heteroatoms. The normalized spacial score (nSPS) is 14.4. The average molecular weight is 477 g/mol. The van der Waals surface area contributed by atoms with E-state index >= 15 is 0 Å². The Morgan fingerprint density at radius 1 is 0.853 bits per heavy atom. The summed E-state index contributed by atoms with van der Waals surface area (Å²) in [5.41, 5.74) is 3.13. The molecule has 0 aliphatic carbocycles. The molecule has 0 N–H and O–H groups in total. The maximum atomic E-state index is 5.68. The first kappa shape index (κ1) is 22.4. The molecule has 2 aromatic carbocycles. The van der Waals surface area contributed by atoms with Gasteiger partial charge in [0.15, 0.2) is 17.3 Å². The summed E-state index contributed by atoms with van der Waals surface area (Å²) in [6, 6.07) is 14.3. The number of rotatable bonds is 7. The van der Waals surface area contributed by atoms with Crippen LogP contribution in [0.5, 0.6) is 17.2 Å². The minimum absolute atomic E-state index is 0.634. The molecule has 0 spiro atoms. The molecule has 0 saturated carbocycles. The van der Waals surface area contributed by atoms with Gasteiger partial charge in [-0.1, -0.05) is 18.2 Å². The summed E-state index contributed by atoms with van der Waals surface area (Å²) in [5, 5.41) is 5.26. The van der Waals surface area contributed by atoms with E-state index in [0.717, 1.165) is 72.1 Å². The zero-order valence-corrected chi connectivity index (χ0v) is 20.5. The van der Waals surface area contributed by atoms with Gasteiger partial charge in [-0.3, -0.25) is 4.90 Å². The van der Waals surface area contributed by atoms with Gasteiger partial charge < -0.3 is 19.1 Å². The SMILES string of the molecule is COc1ccc(CN2CCN(c3nc(-c4ccsc4)nc4ccccc34)CC2)c(OC)c1OC. The van der Waals surface area contributed by atoms with Crippen LogP contribution in [0.25, 0.3) is 22.3 Å². The van der Waals surface area contributed by atoms with Gasteiger partial charge in [0, 0.05) is 54.6 Å². The molecule has 176 valence electrons. The van der Waals surface area contributed by atoms with Gasteiger partial charge in [0.05, 0.1) is 26.8 Å². The number of para-hydroxylation sites is 1. The van der Waals surface area contributed by atoms with Gasteiger partial charge in [-0.25, -0.2) is 9.97 Å². The quantitative estimate of drug-likeness (QED) is 0.383. The highest BCUT2D eigenvalue weighted by molar-refractivity contribution is 7.08. The molecule has 2 aromatic heterocycles. The molecule has 4 aromatic rings. The second-order valence-electron chi connectivity index (χ2n) is 8.16. The minimum Gasteiger partial charge on any atom is -0.493 e. The van der Waals surface area contributed by atoms with Crippen molar-refractivity contribution in [3.05, 3.63) is 58.8 Å². The summed E-state index contributed by atoms with van der Waals surface area (Å²) in [5.74, 6) is 3.83. The second kappa shape index (κ2) is 9.87. The average Bonchev–Trinajstić information content (AvgIpc) is 3.43. The van der Waals surface area contributed by atoms with E-state index < -0.39 is 0 Å². The van der Waals surface area contributed by atoms with Gasteiger partial charge in [0.2, 0.25) is 5.75 Å². The Labute approximate surface area is 203 Å². The van der Waals surface area contributed by atoms with Crippen LogP contribution in [0, 0.1) is 0 Å². The number of methoxy groups -OCH3 is 3. The minimum atomic E-state index is 0.634. The summed E-state index contributed by atoms with van der Waals surface area (Å²) in [4.78, 5) is 14.6. The Morgan fingerprint density at radius 2 is 1.65 bits per heavy atom.